The van der Waals surface area contributed by atoms with E-state index in [1.54, 1.807) is 11.3 Å². The number of aromatic nitrogens is 2. The highest BCUT2D eigenvalue weighted by atomic mass is 32.2. The van der Waals surface area contributed by atoms with Crippen molar-refractivity contribution < 1.29 is 4.79 Å². The van der Waals surface area contributed by atoms with Crippen molar-refractivity contribution in [3.8, 4) is 0 Å². The van der Waals surface area contributed by atoms with Crippen LogP contribution in [0.25, 0.3) is 10.2 Å². The van der Waals surface area contributed by atoms with E-state index in [0.717, 1.165) is 42.3 Å². The molecule has 136 valence electrons. The van der Waals surface area contributed by atoms with Crippen molar-refractivity contribution in [1.29, 1.82) is 0 Å². The number of nitrogens with zero attached hydrogens (tertiary/aromatic N) is 1. The second kappa shape index (κ2) is 7.91. The molecule has 0 bridgehead atoms. The Morgan fingerprint density at radius 3 is 3.08 bits per heavy atom. The molecule has 2 heterocycles. The quantitative estimate of drug-likeness (QED) is 0.595. The maximum Gasteiger partial charge on any atom is 0.260 e. The van der Waals surface area contributed by atoms with Gasteiger partial charge >= 0.3 is 0 Å². The van der Waals surface area contributed by atoms with Crippen molar-refractivity contribution in [3.63, 3.8) is 0 Å². The van der Waals surface area contributed by atoms with E-state index in [-0.39, 0.29) is 23.3 Å². The van der Waals surface area contributed by atoms with E-state index in [2.05, 4.69) is 29.1 Å². The van der Waals surface area contributed by atoms with E-state index >= 15 is 0 Å². The molecule has 2 aromatic rings. The van der Waals surface area contributed by atoms with Crippen LogP contribution in [0.4, 0.5) is 0 Å². The van der Waals surface area contributed by atoms with Gasteiger partial charge in [0.15, 0.2) is 5.16 Å². The van der Waals surface area contributed by atoms with E-state index in [1.807, 2.05) is 6.92 Å². The SMILES string of the molecule is CCC[C@@H](C)NC(=O)CSc1nc2sc3c(c2c(=O)[nH]1)CC[C@H](C)C3. The standard InChI is InChI=1S/C18H25N3O2S2/c1-4-5-11(3)19-14(22)9-24-18-20-16(23)15-12-7-6-10(2)8-13(12)25-17(15)21-18/h10-11H,4-9H2,1-3H3,(H,19,22)(H,20,21,23)/t10-,11+/m0/s1. The molecule has 2 atom stereocenters. The molecular formula is C18H25N3O2S2. The zero-order valence-electron chi connectivity index (χ0n) is 15.0. The van der Waals surface area contributed by atoms with Crippen LogP contribution in [0.2, 0.25) is 0 Å². The summed E-state index contributed by atoms with van der Waals surface area (Å²) in [6, 6.07) is 0.179. The predicted molar refractivity (Wildman–Crippen MR) is 105 cm³/mol. The summed E-state index contributed by atoms with van der Waals surface area (Å²) in [6.07, 6.45) is 5.14. The number of aromatic amines is 1. The average Bonchev–Trinajstić information content (AvgIpc) is 2.90. The van der Waals surface area contributed by atoms with Crippen LogP contribution in [0.1, 0.15) is 50.5 Å². The molecule has 0 saturated heterocycles. The van der Waals surface area contributed by atoms with Crippen LogP contribution in [0.15, 0.2) is 9.95 Å². The highest BCUT2D eigenvalue weighted by Crippen LogP contribution is 2.36. The van der Waals surface area contributed by atoms with E-state index in [1.165, 1.54) is 22.2 Å². The first-order valence-corrected chi connectivity index (χ1v) is 10.7. The third kappa shape index (κ3) is 4.26. The zero-order chi connectivity index (χ0) is 18.0. The number of hydrogen-bond acceptors (Lipinski definition) is 5. The van der Waals surface area contributed by atoms with Crippen molar-refractivity contribution in [1.82, 2.24) is 15.3 Å². The van der Waals surface area contributed by atoms with Crippen molar-refractivity contribution in [2.45, 2.75) is 64.1 Å². The van der Waals surface area contributed by atoms with E-state index in [0.29, 0.717) is 11.1 Å². The number of rotatable bonds is 6. The maximum atomic E-state index is 12.5. The maximum absolute atomic E-state index is 12.5. The Morgan fingerprint density at radius 1 is 1.52 bits per heavy atom. The smallest absolute Gasteiger partial charge is 0.260 e. The number of nitrogens with one attached hydrogen (secondary N) is 2. The summed E-state index contributed by atoms with van der Waals surface area (Å²) in [5.74, 6) is 0.917. The van der Waals surface area contributed by atoms with Crippen LogP contribution < -0.4 is 10.9 Å². The molecule has 3 rings (SSSR count). The molecule has 0 aliphatic heterocycles. The van der Waals surface area contributed by atoms with Gasteiger partial charge in [0, 0.05) is 10.9 Å². The van der Waals surface area contributed by atoms with Crippen LogP contribution in [-0.2, 0) is 17.6 Å². The molecule has 7 heteroatoms. The van der Waals surface area contributed by atoms with E-state index in [9.17, 15) is 9.59 Å². The van der Waals surface area contributed by atoms with Crippen molar-refractivity contribution in [3.05, 3.63) is 20.8 Å². The van der Waals surface area contributed by atoms with Gasteiger partial charge in [0.1, 0.15) is 4.83 Å². The number of fused-ring (bicyclic) bond motifs is 3. The van der Waals surface area contributed by atoms with Crippen LogP contribution in [0, 0.1) is 5.92 Å². The minimum absolute atomic E-state index is 0.0204. The lowest BCUT2D eigenvalue weighted by molar-refractivity contribution is -0.119. The second-order valence-electron chi connectivity index (χ2n) is 6.95. The number of aryl methyl sites for hydroxylation is 1. The zero-order valence-corrected chi connectivity index (χ0v) is 16.6. The summed E-state index contributed by atoms with van der Waals surface area (Å²) in [4.78, 5) is 34.1. The second-order valence-corrected chi connectivity index (χ2v) is 9.00. The number of thiophene rings is 1. The summed E-state index contributed by atoms with van der Waals surface area (Å²) in [5.41, 5.74) is 1.12. The van der Waals surface area contributed by atoms with Crippen LogP contribution >= 0.6 is 23.1 Å². The lowest BCUT2D eigenvalue weighted by Crippen LogP contribution is -2.33. The highest BCUT2D eigenvalue weighted by molar-refractivity contribution is 7.99. The number of thioether (sulfide) groups is 1. The largest absolute Gasteiger partial charge is 0.353 e. The first kappa shape index (κ1) is 18.5. The third-order valence-electron chi connectivity index (χ3n) is 4.61. The van der Waals surface area contributed by atoms with Gasteiger partial charge in [0.25, 0.3) is 5.56 Å². The molecule has 1 aliphatic rings. The Kier molecular flexibility index (Phi) is 5.84. The molecule has 2 N–H and O–H groups in total. The first-order chi connectivity index (χ1) is 12.0. The Labute approximate surface area is 156 Å². The van der Waals surface area contributed by atoms with Gasteiger partial charge in [0.05, 0.1) is 11.1 Å². The van der Waals surface area contributed by atoms with Crippen LogP contribution in [0.3, 0.4) is 0 Å². The molecule has 0 aromatic carbocycles. The Bertz CT molecular complexity index is 828. The molecule has 0 unspecified atom stereocenters. The molecule has 1 amide bonds. The summed E-state index contributed by atoms with van der Waals surface area (Å²) in [7, 11) is 0. The molecule has 1 aliphatic carbocycles. The lowest BCUT2D eigenvalue weighted by Gasteiger charge is -2.17. The minimum Gasteiger partial charge on any atom is -0.353 e. The average molecular weight is 380 g/mol. The van der Waals surface area contributed by atoms with Gasteiger partial charge in [0.2, 0.25) is 5.91 Å². The number of amides is 1. The number of H-pyrrole nitrogens is 1. The fourth-order valence-electron chi connectivity index (χ4n) is 3.35. The first-order valence-electron chi connectivity index (χ1n) is 8.94. The van der Waals surface area contributed by atoms with Crippen molar-refractivity contribution in [2.75, 3.05) is 5.75 Å². The summed E-state index contributed by atoms with van der Waals surface area (Å²) < 4.78 is 0. The lowest BCUT2D eigenvalue weighted by atomic mass is 9.89. The summed E-state index contributed by atoms with van der Waals surface area (Å²) in [5, 5.41) is 4.26. The molecule has 0 radical (unpaired) electrons. The fraction of sp³-hybridized carbons (Fsp3) is 0.611. The summed E-state index contributed by atoms with van der Waals surface area (Å²) >= 11 is 2.93. The Balaban J connectivity index is 1.73. The van der Waals surface area contributed by atoms with Gasteiger partial charge in [-0.05, 0) is 44.1 Å². The molecule has 25 heavy (non-hydrogen) atoms. The molecule has 0 spiro atoms. The van der Waals surface area contributed by atoms with E-state index in [4.69, 9.17) is 0 Å². The molecule has 0 saturated carbocycles. The van der Waals surface area contributed by atoms with Crippen molar-refractivity contribution in [2.24, 2.45) is 5.92 Å². The van der Waals surface area contributed by atoms with Gasteiger partial charge in [-0.15, -0.1) is 11.3 Å². The monoisotopic (exact) mass is 379 g/mol. The highest BCUT2D eigenvalue weighted by Gasteiger charge is 2.23. The van der Waals surface area contributed by atoms with Gasteiger partial charge in [-0.3, -0.25) is 9.59 Å². The third-order valence-corrected chi connectivity index (χ3v) is 6.63. The normalized spacial score (nSPS) is 18.1. The van der Waals surface area contributed by atoms with Gasteiger partial charge in [-0.1, -0.05) is 32.0 Å². The fourth-order valence-corrected chi connectivity index (χ4v) is 5.47. The van der Waals surface area contributed by atoms with Crippen molar-refractivity contribution >= 4 is 39.2 Å². The van der Waals surface area contributed by atoms with Crippen LogP contribution in [-0.4, -0.2) is 27.7 Å². The molecular weight excluding hydrogens is 354 g/mol. The number of hydrogen-bond donors (Lipinski definition) is 2. The molecule has 2 aromatic heterocycles. The van der Waals surface area contributed by atoms with Gasteiger partial charge in [-0.25, -0.2) is 4.98 Å². The minimum atomic E-state index is -0.0701. The number of carbonyl (C=O) groups is 1. The Hall–Kier alpha value is -1.34. The predicted octanol–water partition coefficient (Wildman–Crippen LogP) is 3.51. The molecule has 0 fully saturated rings. The van der Waals surface area contributed by atoms with Gasteiger partial charge in [-0.2, -0.15) is 0 Å². The number of carbonyl (C=O) groups excluding carboxylic acids is 1. The summed E-state index contributed by atoms with van der Waals surface area (Å²) in [6.45, 7) is 6.36. The van der Waals surface area contributed by atoms with E-state index < -0.39 is 0 Å². The molecule has 5 nitrogen and oxygen atoms in total. The van der Waals surface area contributed by atoms with Gasteiger partial charge < -0.3 is 10.3 Å². The topological polar surface area (TPSA) is 74.8 Å². The van der Waals surface area contributed by atoms with Crippen LogP contribution in [0.5, 0.6) is 0 Å². The Morgan fingerprint density at radius 2 is 2.32 bits per heavy atom.